The van der Waals surface area contributed by atoms with Crippen LogP contribution in [-0.2, 0) is 19.1 Å². The van der Waals surface area contributed by atoms with Crippen LogP contribution >= 0.6 is 22.6 Å². The van der Waals surface area contributed by atoms with E-state index in [4.69, 9.17) is 9.47 Å². The summed E-state index contributed by atoms with van der Waals surface area (Å²) in [4.78, 5) is 28.6. The number of nitrogens with one attached hydrogen (secondary N) is 1. The van der Waals surface area contributed by atoms with Crippen molar-refractivity contribution in [3.8, 4) is 11.3 Å². The van der Waals surface area contributed by atoms with Gasteiger partial charge in [-0.15, -0.1) is 0 Å². The van der Waals surface area contributed by atoms with Crippen molar-refractivity contribution < 1.29 is 19.1 Å². The van der Waals surface area contributed by atoms with Crippen molar-refractivity contribution in [3.05, 3.63) is 64.1 Å². The Morgan fingerprint density at radius 1 is 1.11 bits per heavy atom. The monoisotopic (exact) mass is 489 g/mol. The van der Waals surface area contributed by atoms with Crippen LogP contribution in [0.5, 0.6) is 0 Å². The molecule has 142 valence electrons. The molecule has 0 spiro atoms. The second-order valence-electron chi connectivity index (χ2n) is 6.70. The Morgan fingerprint density at radius 2 is 1.86 bits per heavy atom. The zero-order valence-corrected chi connectivity index (χ0v) is 17.3. The second-order valence-corrected chi connectivity index (χ2v) is 7.95. The standard InChI is InChI=1S/C20H16IN3O4/c1-20(2)27-18(25)15(19(26)28-20)9-22-14-5-3-4-12(8-14)16-11-24-10-13(21)6-7-17(24)23-16/h3-11,22H,1-2H3. The third kappa shape index (κ3) is 3.72. The quantitative estimate of drug-likeness (QED) is 0.261. The first kappa shape index (κ1) is 18.5. The number of benzene rings is 1. The molecule has 0 saturated carbocycles. The Kier molecular flexibility index (Phi) is 4.58. The fourth-order valence-electron chi connectivity index (χ4n) is 2.81. The van der Waals surface area contributed by atoms with E-state index in [9.17, 15) is 9.59 Å². The Labute approximate surface area is 174 Å². The largest absolute Gasteiger partial charge is 0.419 e. The highest BCUT2D eigenvalue weighted by molar-refractivity contribution is 14.1. The van der Waals surface area contributed by atoms with E-state index in [1.807, 2.05) is 53.2 Å². The molecule has 1 aliphatic heterocycles. The minimum atomic E-state index is -1.26. The van der Waals surface area contributed by atoms with Gasteiger partial charge in [-0.2, -0.15) is 0 Å². The summed E-state index contributed by atoms with van der Waals surface area (Å²) in [6, 6.07) is 11.5. The first-order valence-electron chi connectivity index (χ1n) is 8.49. The summed E-state index contributed by atoms with van der Waals surface area (Å²) in [6.07, 6.45) is 5.25. The maximum absolute atomic E-state index is 12.0. The fourth-order valence-corrected chi connectivity index (χ4v) is 3.29. The third-order valence-corrected chi connectivity index (χ3v) is 4.71. The number of pyridine rings is 1. The molecule has 1 aliphatic rings. The van der Waals surface area contributed by atoms with E-state index in [2.05, 4.69) is 32.9 Å². The summed E-state index contributed by atoms with van der Waals surface area (Å²) in [5.74, 6) is -2.70. The summed E-state index contributed by atoms with van der Waals surface area (Å²) in [7, 11) is 0. The van der Waals surface area contributed by atoms with Crippen LogP contribution < -0.4 is 5.32 Å². The lowest BCUT2D eigenvalue weighted by Gasteiger charge is -2.29. The molecule has 0 amide bonds. The van der Waals surface area contributed by atoms with Gasteiger partial charge >= 0.3 is 11.9 Å². The van der Waals surface area contributed by atoms with Crippen molar-refractivity contribution in [3.63, 3.8) is 0 Å². The minimum absolute atomic E-state index is 0.188. The number of hydrogen-bond donors (Lipinski definition) is 1. The van der Waals surface area contributed by atoms with Gasteiger partial charge in [0.25, 0.3) is 5.79 Å². The second kappa shape index (κ2) is 6.93. The molecule has 1 fully saturated rings. The van der Waals surface area contributed by atoms with Gasteiger partial charge < -0.3 is 19.2 Å². The molecule has 0 unspecified atom stereocenters. The topological polar surface area (TPSA) is 81.9 Å². The number of anilines is 1. The summed E-state index contributed by atoms with van der Waals surface area (Å²) in [5.41, 5.74) is 3.08. The number of hydrogen-bond acceptors (Lipinski definition) is 6. The SMILES string of the molecule is CC1(C)OC(=O)C(=CNc2cccc(-c3cn4cc(I)ccc4n3)c2)C(=O)O1. The number of aromatic nitrogens is 2. The Bertz CT molecular complexity index is 1110. The Balaban J connectivity index is 1.59. The van der Waals surface area contributed by atoms with E-state index in [1.165, 1.54) is 20.0 Å². The van der Waals surface area contributed by atoms with Gasteiger partial charge in [0.1, 0.15) is 5.65 Å². The Morgan fingerprint density at radius 3 is 2.61 bits per heavy atom. The molecule has 1 saturated heterocycles. The molecule has 3 aromatic rings. The van der Waals surface area contributed by atoms with Gasteiger partial charge in [-0.3, -0.25) is 0 Å². The molecule has 7 nitrogen and oxygen atoms in total. The van der Waals surface area contributed by atoms with E-state index in [-0.39, 0.29) is 5.57 Å². The molecule has 2 aromatic heterocycles. The van der Waals surface area contributed by atoms with Crippen LogP contribution in [0.4, 0.5) is 5.69 Å². The molecule has 0 radical (unpaired) electrons. The number of cyclic esters (lactones) is 2. The first-order valence-corrected chi connectivity index (χ1v) is 9.57. The van der Waals surface area contributed by atoms with Crippen LogP contribution in [-0.4, -0.2) is 27.1 Å². The van der Waals surface area contributed by atoms with E-state index in [0.29, 0.717) is 5.69 Å². The Hall–Kier alpha value is -2.88. The number of nitrogens with zero attached hydrogens (tertiary/aromatic N) is 2. The van der Waals surface area contributed by atoms with Crippen LogP contribution in [0.2, 0.25) is 0 Å². The summed E-state index contributed by atoms with van der Waals surface area (Å²) < 4.78 is 13.2. The van der Waals surface area contributed by atoms with Gasteiger partial charge in [0.15, 0.2) is 5.57 Å². The van der Waals surface area contributed by atoms with E-state index < -0.39 is 17.7 Å². The number of carbonyl (C=O) groups excluding carboxylic acids is 2. The fraction of sp³-hybridized carbons (Fsp3) is 0.150. The lowest BCUT2D eigenvalue weighted by Crippen LogP contribution is -2.42. The van der Waals surface area contributed by atoms with Crippen LogP contribution in [0.3, 0.4) is 0 Å². The van der Waals surface area contributed by atoms with Crippen molar-refractivity contribution in [2.24, 2.45) is 0 Å². The lowest BCUT2D eigenvalue weighted by molar-refractivity contribution is -0.222. The third-order valence-electron chi connectivity index (χ3n) is 4.07. The number of esters is 2. The minimum Gasteiger partial charge on any atom is -0.419 e. The highest BCUT2D eigenvalue weighted by atomic mass is 127. The van der Waals surface area contributed by atoms with Crippen molar-refractivity contribution in [2.75, 3.05) is 5.32 Å². The normalized spacial score (nSPS) is 15.9. The number of rotatable bonds is 3. The van der Waals surface area contributed by atoms with E-state index >= 15 is 0 Å². The molecular weight excluding hydrogens is 473 g/mol. The van der Waals surface area contributed by atoms with Gasteiger partial charge in [-0.1, -0.05) is 12.1 Å². The first-order chi connectivity index (χ1) is 13.3. The average Bonchev–Trinajstić information content (AvgIpc) is 3.03. The van der Waals surface area contributed by atoms with E-state index in [1.54, 1.807) is 0 Å². The van der Waals surface area contributed by atoms with E-state index in [0.717, 1.165) is 20.5 Å². The molecule has 0 aliphatic carbocycles. The zero-order chi connectivity index (χ0) is 19.9. The molecule has 3 heterocycles. The predicted molar refractivity (Wildman–Crippen MR) is 111 cm³/mol. The number of halogens is 1. The van der Waals surface area contributed by atoms with Crippen LogP contribution in [0.1, 0.15) is 13.8 Å². The molecule has 0 atom stereocenters. The van der Waals surface area contributed by atoms with Gasteiger partial charge in [-0.25, -0.2) is 14.6 Å². The van der Waals surface area contributed by atoms with Gasteiger partial charge in [0, 0.05) is 47.3 Å². The highest BCUT2D eigenvalue weighted by Crippen LogP contribution is 2.25. The summed E-state index contributed by atoms with van der Waals surface area (Å²) >= 11 is 2.25. The molecule has 1 aromatic carbocycles. The van der Waals surface area contributed by atoms with Crippen molar-refractivity contribution >= 4 is 45.9 Å². The highest BCUT2D eigenvalue weighted by Gasteiger charge is 2.38. The van der Waals surface area contributed by atoms with Gasteiger partial charge in [0.2, 0.25) is 0 Å². The average molecular weight is 489 g/mol. The van der Waals surface area contributed by atoms with Crippen molar-refractivity contribution in [1.29, 1.82) is 0 Å². The molecule has 8 heteroatoms. The molecule has 1 N–H and O–H groups in total. The summed E-state index contributed by atoms with van der Waals surface area (Å²) in [5, 5.41) is 2.96. The predicted octanol–water partition coefficient (Wildman–Crippen LogP) is 3.74. The van der Waals surface area contributed by atoms with Crippen molar-refractivity contribution in [1.82, 2.24) is 9.38 Å². The van der Waals surface area contributed by atoms with Gasteiger partial charge in [-0.05, 0) is 46.9 Å². The number of carbonyl (C=O) groups is 2. The van der Waals surface area contributed by atoms with Crippen LogP contribution in [0, 0.1) is 3.57 Å². The smallest absolute Gasteiger partial charge is 0.350 e. The molecule has 4 rings (SSSR count). The molecule has 0 bridgehead atoms. The maximum Gasteiger partial charge on any atom is 0.350 e. The lowest BCUT2D eigenvalue weighted by atomic mass is 10.1. The zero-order valence-electron chi connectivity index (χ0n) is 15.1. The molecular formula is C20H16IN3O4. The van der Waals surface area contributed by atoms with Crippen LogP contribution in [0.25, 0.3) is 16.9 Å². The van der Waals surface area contributed by atoms with Crippen molar-refractivity contribution in [2.45, 2.75) is 19.6 Å². The summed E-state index contributed by atoms with van der Waals surface area (Å²) in [6.45, 7) is 3.01. The van der Waals surface area contributed by atoms with Crippen LogP contribution in [0.15, 0.2) is 60.6 Å². The molecule has 28 heavy (non-hydrogen) atoms. The number of imidazole rings is 1. The number of fused-ring (bicyclic) bond motifs is 1. The van der Waals surface area contributed by atoms with Gasteiger partial charge in [0.05, 0.1) is 5.69 Å². The maximum atomic E-state index is 12.0. The number of ether oxygens (including phenoxy) is 2.